The number of aromatic nitrogens is 1. The van der Waals surface area contributed by atoms with E-state index in [0.29, 0.717) is 41.4 Å². The Morgan fingerprint density at radius 3 is 2.29 bits per heavy atom. The Morgan fingerprint density at radius 1 is 1.03 bits per heavy atom. The standard InChI is InChI=1S/C25H28F4N2O2S/c1-25(2,3)14-31-13-20(22(24(28)29)30-34(32,33)16-9-10-16)18-11-8-15(12-21(18)31)17-6-4-5-7-19(17)23(26)27/h4-8,11-13,16,22-24,30H,9-10,14H2,1-3H3/t22-/m0/s1. The lowest BCUT2D eigenvalue weighted by molar-refractivity contribution is 0.109. The Bertz CT molecular complexity index is 1290. The maximum atomic E-state index is 14.1. The number of benzene rings is 2. The van der Waals surface area contributed by atoms with Crippen LogP contribution >= 0.6 is 0 Å². The van der Waals surface area contributed by atoms with Crippen molar-refractivity contribution in [3.63, 3.8) is 0 Å². The summed E-state index contributed by atoms with van der Waals surface area (Å²) in [6.07, 6.45) is -3.14. The Morgan fingerprint density at radius 2 is 1.71 bits per heavy atom. The van der Waals surface area contributed by atoms with Gasteiger partial charge >= 0.3 is 0 Å². The Hall–Kier alpha value is -2.39. The van der Waals surface area contributed by atoms with Gasteiger partial charge in [0.25, 0.3) is 12.9 Å². The van der Waals surface area contributed by atoms with Crippen molar-refractivity contribution in [3.05, 3.63) is 59.8 Å². The van der Waals surface area contributed by atoms with Gasteiger partial charge < -0.3 is 4.57 Å². The quantitative estimate of drug-likeness (QED) is 0.354. The molecule has 1 fully saturated rings. The second-order valence-corrected chi connectivity index (χ2v) is 12.1. The molecule has 0 saturated heterocycles. The van der Waals surface area contributed by atoms with E-state index < -0.39 is 34.2 Å². The molecule has 4 rings (SSSR count). The predicted octanol–water partition coefficient (Wildman–Crippen LogP) is 6.68. The molecule has 0 spiro atoms. The average molecular weight is 497 g/mol. The fourth-order valence-electron chi connectivity index (χ4n) is 4.23. The number of sulfonamides is 1. The monoisotopic (exact) mass is 496 g/mol. The summed E-state index contributed by atoms with van der Waals surface area (Å²) in [6, 6.07) is 9.43. The molecule has 4 nitrogen and oxygen atoms in total. The third-order valence-corrected chi connectivity index (χ3v) is 7.84. The molecule has 2 aromatic carbocycles. The van der Waals surface area contributed by atoms with Crippen molar-refractivity contribution < 1.29 is 26.0 Å². The third-order valence-electron chi connectivity index (χ3n) is 5.91. The summed E-state index contributed by atoms with van der Waals surface area (Å²) in [6.45, 7) is 6.45. The van der Waals surface area contributed by atoms with Gasteiger partial charge in [0.05, 0.1) is 5.25 Å². The molecule has 1 aromatic heterocycles. The highest BCUT2D eigenvalue weighted by molar-refractivity contribution is 7.90. The van der Waals surface area contributed by atoms with E-state index in [4.69, 9.17) is 0 Å². The molecule has 34 heavy (non-hydrogen) atoms. The zero-order valence-electron chi connectivity index (χ0n) is 19.2. The first-order valence-electron chi connectivity index (χ1n) is 11.2. The molecule has 3 aromatic rings. The van der Waals surface area contributed by atoms with Gasteiger partial charge in [0, 0.05) is 34.8 Å². The summed E-state index contributed by atoms with van der Waals surface area (Å²) >= 11 is 0. The zero-order chi connectivity index (χ0) is 24.8. The van der Waals surface area contributed by atoms with Gasteiger partial charge in [-0.3, -0.25) is 0 Å². The van der Waals surface area contributed by atoms with Gasteiger partial charge in [-0.25, -0.2) is 30.7 Å². The molecule has 1 saturated carbocycles. The van der Waals surface area contributed by atoms with Gasteiger partial charge in [0.2, 0.25) is 10.0 Å². The molecular formula is C25H28F4N2O2S. The van der Waals surface area contributed by atoms with Crippen LogP contribution in [0.4, 0.5) is 17.6 Å². The number of hydrogen-bond acceptors (Lipinski definition) is 2. The van der Waals surface area contributed by atoms with Crippen LogP contribution in [0.5, 0.6) is 0 Å². The Labute approximate surface area is 197 Å². The highest BCUT2D eigenvalue weighted by Crippen LogP contribution is 2.38. The molecule has 1 aliphatic rings. The summed E-state index contributed by atoms with van der Waals surface area (Å²) in [4.78, 5) is 0. The van der Waals surface area contributed by atoms with Crippen LogP contribution in [-0.4, -0.2) is 24.7 Å². The van der Waals surface area contributed by atoms with Gasteiger partial charge in [0.1, 0.15) is 6.04 Å². The van der Waals surface area contributed by atoms with Crippen LogP contribution in [-0.2, 0) is 16.6 Å². The van der Waals surface area contributed by atoms with Crippen molar-refractivity contribution in [3.8, 4) is 11.1 Å². The van der Waals surface area contributed by atoms with Crippen molar-refractivity contribution in [2.45, 2.75) is 64.3 Å². The molecule has 0 radical (unpaired) electrons. The van der Waals surface area contributed by atoms with Gasteiger partial charge in [-0.2, -0.15) is 0 Å². The topological polar surface area (TPSA) is 51.1 Å². The number of nitrogens with zero attached hydrogens (tertiary/aromatic N) is 1. The molecule has 0 amide bonds. The Balaban J connectivity index is 1.87. The van der Waals surface area contributed by atoms with Crippen LogP contribution in [0.1, 0.15) is 57.2 Å². The Kier molecular flexibility index (Phi) is 6.54. The summed E-state index contributed by atoms with van der Waals surface area (Å²) in [5.41, 5.74) is 1.33. The van der Waals surface area contributed by atoms with E-state index in [0.717, 1.165) is 0 Å². The van der Waals surface area contributed by atoms with E-state index in [-0.39, 0.29) is 16.5 Å². The number of alkyl halides is 4. The summed E-state index contributed by atoms with van der Waals surface area (Å²) in [5, 5.41) is -0.166. The van der Waals surface area contributed by atoms with Crippen molar-refractivity contribution in [1.82, 2.24) is 9.29 Å². The van der Waals surface area contributed by atoms with E-state index in [1.165, 1.54) is 6.07 Å². The number of halogens is 4. The normalized spacial score (nSPS) is 16.0. The van der Waals surface area contributed by atoms with Gasteiger partial charge in [-0.1, -0.05) is 57.2 Å². The molecule has 0 bridgehead atoms. The molecule has 184 valence electrons. The second-order valence-electron chi connectivity index (χ2n) is 10.1. The highest BCUT2D eigenvalue weighted by atomic mass is 32.2. The number of rotatable bonds is 8. The summed E-state index contributed by atoms with van der Waals surface area (Å²) in [5.74, 6) is 0. The van der Waals surface area contributed by atoms with Gasteiger partial charge in [0.15, 0.2) is 0 Å². The fraction of sp³-hybridized carbons (Fsp3) is 0.440. The van der Waals surface area contributed by atoms with E-state index >= 15 is 0 Å². The molecule has 0 aliphatic heterocycles. The zero-order valence-corrected chi connectivity index (χ0v) is 20.0. The molecule has 1 aliphatic carbocycles. The van der Waals surface area contributed by atoms with Crippen molar-refractivity contribution >= 4 is 20.9 Å². The minimum atomic E-state index is -3.86. The molecule has 1 N–H and O–H groups in total. The largest absolute Gasteiger partial charge is 0.347 e. The molecule has 0 unspecified atom stereocenters. The lowest BCUT2D eigenvalue weighted by Gasteiger charge is -2.20. The SMILES string of the molecule is CC(C)(C)Cn1cc([C@H](NS(=O)(=O)C2CC2)C(F)F)c2ccc(-c3ccccc3C(F)F)cc21. The lowest BCUT2D eigenvalue weighted by atomic mass is 9.96. The first-order valence-corrected chi connectivity index (χ1v) is 12.7. The van der Waals surface area contributed by atoms with Crippen LogP contribution in [0.15, 0.2) is 48.7 Å². The minimum Gasteiger partial charge on any atom is -0.347 e. The van der Waals surface area contributed by atoms with Crippen LogP contribution in [0, 0.1) is 5.41 Å². The maximum Gasteiger partial charge on any atom is 0.264 e. The highest BCUT2D eigenvalue weighted by Gasteiger charge is 2.40. The van der Waals surface area contributed by atoms with Crippen LogP contribution in [0.2, 0.25) is 0 Å². The third kappa shape index (κ3) is 5.15. The van der Waals surface area contributed by atoms with Crippen molar-refractivity contribution in [2.24, 2.45) is 5.41 Å². The van der Waals surface area contributed by atoms with Crippen molar-refractivity contribution in [1.29, 1.82) is 0 Å². The fourth-order valence-corrected chi connectivity index (χ4v) is 5.76. The molecule has 9 heteroatoms. The van der Waals surface area contributed by atoms with Gasteiger partial charge in [-0.05, 0) is 35.4 Å². The molecule has 1 atom stereocenters. The van der Waals surface area contributed by atoms with Crippen molar-refractivity contribution in [2.75, 3.05) is 0 Å². The first-order chi connectivity index (χ1) is 15.9. The summed E-state index contributed by atoms with van der Waals surface area (Å²) < 4.78 is 84.5. The maximum absolute atomic E-state index is 14.1. The van der Waals surface area contributed by atoms with E-state index in [9.17, 15) is 26.0 Å². The smallest absolute Gasteiger partial charge is 0.264 e. The predicted molar refractivity (Wildman–Crippen MR) is 126 cm³/mol. The number of hydrogen-bond donors (Lipinski definition) is 1. The van der Waals surface area contributed by atoms with E-state index in [1.54, 1.807) is 47.2 Å². The number of fused-ring (bicyclic) bond motifs is 1. The first kappa shape index (κ1) is 24.7. The lowest BCUT2D eigenvalue weighted by Crippen LogP contribution is -2.35. The molecule has 1 heterocycles. The average Bonchev–Trinajstić information content (AvgIpc) is 3.56. The second kappa shape index (κ2) is 9.00. The van der Waals surface area contributed by atoms with E-state index in [1.807, 2.05) is 20.8 Å². The van der Waals surface area contributed by atoms with E-state index in [2.05, 4.69) is 4.72 Å². The summed E-state index contributed by atoms with van der Waals surface area (Å²) in [7, 11) is -3.86. The number of nitrogens with one attached hydrogen (secondary N) is 1. The van der Waals surface area contributed by atoms with Gasteiger partial charge in [-0.15, -0.1) is 0 Å². The van der Waals surface area contributed by atoms with Crippen LogP contribution in [0.3, 0.4) is 0 Å². The minimum absolute atomic E-state index is 0.112. The van der Waals surface area contributed by atoms with Crippen LogP contribution < -0.4 is 4.72 Å². The molecular weight excluding hydrogens is 468 g/mol. The van der Waals surface area contributed by atoms with Crippen LogP contribution in [0.25, 0.3) is 22.0 Å².